The third-order valence-electron chi connectivity index (χ3n) is 4.49. The summed E-state index contributed by atoms with van der Waals surface area (Å²) in [4.78, 5) is 22.6. The summed E-state index contributed by atoms with van der Waals surface area (Å²) in [6, 6.07) is 7.19. The molecular weight excluding hydrogens is 438 g/mol. The van der Waals surface area contributed by atoms with Gasteiger partial charge in [-0.05, 0) is 24.3 Å². The van der Waals surface area contributed by atoms with E-state index in [4.69, 9.17) is 11.6 Å². The lowest BCUT2D eigenvalue weighted by atomic mass is 9.99. The molecule has 0 unspecified atom stereocenters. The number of alkyl halides is 3. The zero-order valence-corrected chi connectivity index (χ0v) is 16.3. The summed E-state index contributed by atoms with van der Waals surface area (Å²) >= 11 is 6.19. The minimum atomic E-state index is -4.63. The molecule has 0 saturated carbocycles. The van der Waals surface area contributed by atoms with Crippen LogP contribution in [0.4, 0.5) is 17.6 Å². The zero-order valence-electron chi connectivity index (χ0n) is 15.5. The Morgan fingerprint density at radius 3 is 2.74 bits per heavy atom. The summed E-state index contributed by atoms with van der Waals surface area (Å²) in [5.41, 5.74) is 1.69. The van der Waals surface area contributed by atoms with Crippen LogP contribution in [0.3, 0.4) is 0 Å². The average molecular weight is 450 g/mol. The van der Waals surface area contributed by atoms with Gasteiger partial charge in [-0.1, -0.05) is 17.7 Å². The molecule has 0 radical (unpaired) electrons. The number of fused-ring (bicyclic) bond motifs is 1. The van der Waals surface area contributed by atoms with Crippen LogP contribution in [-0.4, -0.2) is 34.0 Å². The first-order valence-electron chi connectivity index (χ1n) is 8.84. The SMILES string of the molecule is O=Cc1c[nH]c2ncc(-c3cccnc3-c3c(Cl)ccc(OCC(F)(F)F)c3F)cc12. The van der Waals surface area contributed by atoms with Crippen LogP contribution in [0.1, 0.15) is 10.4 Å². The highest BCUT2D eigenvalue weighted by Crippen LogP contribution is 2.40. The van der Waals surface area contributed by atoms with Crippen molar-refractivity contribution in [1.82, 2.24) is 15.0 Å². The number of H-pyrrole nitrogens is 1. The van der Waals surface area contributed by atoms with Crippen LogP contribution in [-0.2, 0) is 0 Å². The molecule has 0 atom stereocenters. The Hall–Kier alpha value is -3.46. The summed E-state index contributed by atoms with van der Waals surface area (Å²) in [6.07, 6.45) is 0.458. The van der Waals surface area contributed by atoms with Gasteiger partial charge in [-0.25, -0.2) is 9.37 Å². The second-order valence-electron chi connectivity index (χ2n) is 6.52. The predicted molar refractivity (Wildman–Crippen MR) is 107 cm³/mol. The van der Waals surface area contributed by atoms with Gasteiger partial charge in [0.25, 0.3) is 0 Å². The van der Waals surface area contributed by atoms with E-state index in [9.17, 15) is 18.0 Å². The molecule has 3 heterocycles. The van der Waals surface area contributed by atoms with Crippen molar-refractivity contribution in [2.24, 2.45) is 0 Å². The highest BCUT2D eigenvalue weighted by Gasteiger charge is 2.30. The predicted octanol–water partition coefficient (Wildman–Crippen LogP) is 5.84. The molecule has 0 fully saturated rings. The van der Waals surface area contributed by atoms with Crippen molar-refractivity contribution in [3.8, 4) is 28.1 Å². The second-order valence-corrected chi connectivity index (χ2v) is 6.93. The van der Waals surface area contributed by atoms with Gasteiger partial charge in [0, 0.05) is 40.7 Å². The smallest absolute Gasteiger partial charge is 0.422 e. The molecule has 4 aromatic rings. The molecule has 0 aliphatic heterocycles. The number of aromatic nitrogens is 3. The van der Waals surface area contributed by atoms with Crippen molar-refractivity contribution >= 4 is 28.9 Å². The molecule has 0 aliphatic carbocycles. The molecule has 1 aromatic carbocycles. The maximum Gasteiger partial charge on any atom is 0.422 e. The van der Waals surface area contributed by atoms with Crippen molar-refractivity contribution in [2.75, 3.05) is 6.61 Å². The highest BCUT2D eigenvalue weighted by atomic mass is 35.5. The summed E-state index contributed by atoms with van der Waals surface area (Å²) in [5, 5.41) is 0.497. The number of halogens is 5. The molecule has 10 heteroatoms. The van der Waals surface area contributed by atoms with Crippen molar-refractivity contribution < 1.29 is 27.1 Å². The minimum absolute atomic E-state index is 0.0546. The van der Waals surface area contributed by atoms with E-state index >= 15 is 4.39 Å². The average Bonchev–Trinajstić information content (AvgIpc) is 3.15. The Morgan fingerprint density at radius 1 is 1.19 bits per heavy atom. The molecule has 158 valence electrons. The van der Waals surface area contributed by atoms with E-state index in [2.05, 4.69) is 19.7 Å². The number of hydrogen-bond donors (Lipinski definition) is 1. The lowest BCUT2D eigenvalue weighted by Gasteiger charge is -2.15. The van der Waals surface area contributed by atoms with Gasteiger partial charge in [0.1, 0.15) is 5.65 Å². The quantitative estimate of drug-likeness (QED) is 0.307. The minimum Gasteiger partial charge on any atom is -0.481 e. The third kappa shape index (κ3) is 4.09. The Labute approximate surface area is 177 Å². The van der Waals surface area contributed by atoms with Crippen LogP contribution in [0, 0.1) is 5.82 Å². The van der Waals surface area contributed by atoms with Crippen LogP contribution in [0.15, 0.2) is 48.9 Å². The lowest BCUT2D eigenvalue weighted by molar-refractivity contribution is -0.153. The number of ether oxygens (including phenoxy) is 1. The monoisotopic (exact) mass is 449 g/mol. The molecule has 0 amide bonds. The number of carbonyl (C=O) groups excluding carboxylic acids is 1. The van der Waals surface area contributed by atoms with E-state index in [-0.39, 0.29) is 16.3 Å². The number of carbonyl (C=O) groups is 1. The van der Waals surface area contributed by atoms with Crippen molar-refractivity contribution in [3.63, 3.8) is 0 Å². The fourth-order valence-corrected chi connectivity index (χ4v) is 3.36. The molecule has 0 aliphatic rings. The molecular formula is C21H12ClF4N3O2. The number of nitrogens with zero attached hydrogens (tertiary/aromatic N) is 2. The Kier molecular flexibility index (Phi) is 5.36. The molecule has 0 bridgehead atoms. The zero-order chi connectivity index (χ0) is 22.2. The topological polar surface area (TPSA) is 67.9 Å². The normalized spacial score (nSPS) is 11.6. The third-order valence-corrected chi connectivity index (χ3v) is 4.81. The van der Waals surface area contributed by atoms with Gasteiger partial charge in [-0.3, -0.25) is 9.78 Å². The Balaban J connectivity index is 1.85. The van der Waals surface area contributed by atoms with Gasteiger partial charge >= 0.3 is 6.18 Å². The highest BCUT2D eigenvalue weighted by molar-refractivity contribution is 6.33. The van der Waals surface area contributed by atoms with E-state index < -0.39 is 24.3 Å². The van der Waals surface area contributed by atoms with Crippen molar-refractivity contribution in [3.05, 3.63) is 65.3 Å². The lowest BCUT2D eigenvalue weighted by Crippen LogP contribution is -2.19. The van der Waals surface area contributed by atoms with Crippen LogP contribution < -0.4 is 4.74 Å². The molecule has 0 spiro atoms. The maximum atomic E-state index is 15.1. The van der Waals surface area contributed by atoms with Gasteiger partial charge in [0.15, 0.2) is 24.5 Å². The molecule has 0 saturated heterocycles. The van der Waals surface area contributed by atoms with E-state index in [0.29, 0.717) is 34.0 Å². The number of aromatic amines is 1. The van der Waals surface area contributed by atoms with Gasteiger partial charge < -0.3 is 9.72 Å². The second kappa shape index (κ2) is 7.99. The summed E-state index contributed by atoms with van der Waals surface area (Å²) in [7, 11) is 0. The maximum absolute atomic E-state index is 15.1. The Bertz CT molecular complexity index is 1290. The first-order chi connectivity index (χ1) is 14.8. The number of aldehydes is 1. The largest absolute Gasteiger partial charge is 0.481 e. The molecule has 4 rings (SSSR count). The fraction of sp³-hybridized carbons (Fsp3) is 0.0952. The van der Waals surface area contributed by atoms with Gasteiger partial charge in [-0.2, -0.15) is 13.2 Å². The van der Waals surface area contributed by atoms with E-state index in [1.807, 2.05) is 0 Å². The first-order valence-corrected chi connectivity index (χ1v) is 9.22. The number of rotatable bonds is 5. The number of nitrogens with one attached hydrogen (secondary N) is 1. The van der Waals surface area contributed by atoms with Crippen LogP contribution in [0.25, 0.3) is 33.4 Å². The van der Waals surface area contributed by atoms with E-state index in [0.717, 1.165) is 6.07 Å². The summed E-state index contributed by atoms with van der Waals surface area (Å²) in [6.45, 7) is -1.65. The van der Waals surface area contributed by atoms with E-state index in [1.54, 1.807) is 18.2 Å². The van der Waals surface area contributed by atoms with E-state index in [1.165, 1.54) is 24.7 Å². The fourth-order valence-electron chi connectivity index (χ4n) is 3.13. The number of hydrogen-bond acceptors (Lipinski definition) is 4. The van der Waals surface area contributed by atoms with Crippen LogP contribution in [0.5, 0.6) is 5.75 Å². The summed E-state index contributed by atoms with van der Waals surface area (Å²) < 4.78 is 57.2. The number of pyridine rings is 2. The van der Waals surface area contributed by atoms with Gasteiger partial charge in [-0.15, -0.1) is 0 Å². The van der Waals surface area contributed by atoms with Gasteiger partial charge in [0.2, 0.25) is 0 Å². The molecule has 5 nitrogen and oxygen atoms in total. The summed E-state index contributed by atoms with van der Waals surface area (Å²) in [5.74, 6) is -1.67. The molecule has 31 heavy (non-hydrogen) atoms. The first kappa shape index (κ1) is 20.8. The molecule has 3 aromatic heterocycles. The van der Waals surface area contributed by atoms with Gasteiger partial charge in [0.05, 0.1) is 16.3 Å². The number of benzene rings is 1. The Morgan fingerprint density at radius 2 is 2.00 bits per heavy atom. The van der Waals surface area contributed by atoms with Crippen molar-refractivity contribution in [1.29, 1.82) is 0 Å². The van der Waals surface area contributed by atoms with Crippen LogP contribution in [0.2, 0.25) is 5.02 Å². The standard InChI is InChI=1S/C21H12ClF4N3O2/c22-15-3-4-16(31-10-21(24,25)26)18(23)17(15)19-13(2-1-5-27-19)11-6-14-12(9-30)8-29-20(14)28-7-11/h1-9H,10H2,(H,28,29). The molecule has 1 N–H and O–H groups in total. The van der Waals surface area contributed by atoms with Crippen LogP contribution >= 0.6 is 11.6 Å². The van der Waals surface area contributed by atoms with Crippen molar-refractivity contribution in [2.45, 2.75) is 6.18 Å².